The fraction of sp³-hybridized carbons (Fsp3) is 0.905. The van der Waals surface area contributed by atoms with Crippen LogP contribution in [0.4, 0.5) is 26.3 Å². The number of allylic oxidation sites excluding steroid dienone is 2. The zero-order chi connectivity index (χ0) is 21.3. The molecule has 0 bridgehead atoms. The summed E-state index contributed by atoms with van der Waals surface area (Å²) in [5.74, 6) is -5.09. The molecule has 0 N–H and O–H groups in total. The van der Waals surface area contributed by atoms with Crippen molar-refractivity contribution in [2.45, 2.75) is 82.9 Å². The standard InChI is InChI=1S/C21H30F6O2/c1-2-3-15-6-4-14(12-17(15)20(22,23)24)5-7-16-8-9-19(28-10-11-29-19)13-18(16)21(25,26)27/h5,15-18H,2-4,6-13H2,1H3/b14-5+/t15-,16-,17?,18?/m0/s1. The molecule has 1 saturated heterocycles. The van der Waals surface area contributed by atoms with E-state index in [-0.39, 0.29) is 25.2 Å². The molecule has 0 aromatic rings. The van der Waals surface area contributed by atoms with E-state index < -0.39 is 35.9 Å². The molecule has 1 aliphatic heterocycles. The van der Waals surface area contributed by atoms with Crippen molar-refractivity contribution in [1.82, 2.24) is 0 Å². The van der Waals surface area contributed by atoms with Crippen LogP contribution in [-0.4, -0.2) is 31.4 Å². The van der Waals surface area contributed by atoms with Crippen LogP contribution in [0.1, 0.15) is 64.7 Å². The normalized spacial score (nSPS) is 34.8. The third kappa shape index (κ3) is 5.49. The summed E-state index contributed by atoms with van der Waals surface area (Å²) < 4.78 is 92.3. The van der Waals surface area contributed by atoms with E-state index in [1.54, 1.807) is 6.08 Å². The molecule has 0 amide bonds. The van der Waals surface area contributed by atoms with Gasteiger partial charge in [-0.25, -0.2) is 0 Å². The summed E-state index contributed by atoms with van der Waals surface area (Å²) in [4.78, 5) is 0. The second-order valence-corrected chi connectivity index (χ2v) is 8.80. The van der Waals surface area contributed by atoms with Crippen LogP contribution in [0.2, 0.25) is 0 Å². The van der Waals surface area contributed by atoms with Crippen LogP contribution in [0, 0.1) is 23.7 Å². The molecule has 29 heavy (non-hydrogen) atoms. The monoisotopic (exact) mass is 428 g/mol. The van der Waals surface area contributed by atoms with Gasteiger partial charge in [0.2, 0.25) is 0 Å². The number of hydrogen-bond donors (Lipinski definition) is 0. The Morgan fingerprint density at radius 2 is 1.62 bits per heavy atom. The van der Waals surface area contributed by atoms with E-state index in [4.69, 9.17) is 9.47 Å². The van der Waals surface area contributed by atoms with Gasteiger partial charge in [0, 0.05) is 12.8 Å². The summed E-state index contributed by atoms with van der Waals surface area (Å²) in [6.07, 6.45) is -4.15. The lowest BCUT2D eigenvalue weighted by molar-refractivity contribution is -0.257. The molecule has 3 fully saturated rings. The highest BCUT2D eigenvalue weighted by Gasteiger charge is 2.54. The Labute approximate surface area is 168 Å². The van der Waals surface area contributed by atoms with Crippen LogP contribution in [-0.2, 0) is 9.47 Å². The quantitative estimate of drug-likeness (QED) is 0.362. The molecule has 4 atom stereocenters. The molecular formula is C21H30F6O2. The highest BCUT2D eigenvalue weighted by atomic mass is 19.4. The van der Waals surface area contributed by atoms with Crippen molar-refractivity contribution in [3.8, 4) is 0 Å². The average molecular weight is 428 g/mol. The van der Waals surface area contributed by atoms with Crippen LogP contribution in [0.15, 0.2) is 11.6 Å². The summed E-state index contributed by atoms with van der Waals surface area (Å²) in [6.45, 7) is 2.48. The van der Waals surface area contributed by atoms with Crippen molar-refractivity contribution >= 4 is 0 Å². The fourth-order valence-corrected chi connectivity index (χ4v) is 5.36. The zero-order valence-corrected chi connectivity index (χ0v) is 16.7. The number of halogens is 6. The number of hydrogen-bond acceptors (Lipinski definition) is 2. The molecule has 2 unspecified atom stereocenters. The van der Waals surface area contributed by atoms with Crippen molar-refractivity contribution in [2.75, 3.05) is 13.2 Å². The Kier molecular flexibility index (Phi) is 6.93. The molecular weight excluding hydrogens is 398 g/mol. The van der Waals surface area contributed by atoms with E-state index in [2.05, 4.69) is 0 Å². The number of ether oxygens (including phenoxy) is 2. The highest BCUT2D eigenvalue weighted by molar-refractivity contribution is 5.10. The first-order valence-electron chi connectivity index (χ1n) is 10.6. The third-order valence-corrected chi connectivity index (χ3v) is 6.91. The molecule has 8 heteroatoms. The zero-order valence-electron chi connectivity index (χ0n) is 16.7. The summed E-state index contributed by atoms with van der Waals surface area (Å²) in [5, 5.41) is 0. The van der Waals surface area contributed by atoms with E-state index in [9.17, 15) is 26.3 Å². The Hall–Kier alpha value is -0.760. The van der Waals surface area contributed by atoms with Crippen molar-refractivity contribution in [3.63, 3.8) is 0 Å². The minimum atomic E-state index is -4.38. The molecule has 2 aliphatic carbocycles. The van der Waals surface area contributed by atoms with Crippen molar-refractivity contribution in [3.05, 3.63) is 11.6 Å². The highest BCUT2D eigenvalue weighted by Crippen LogP contribution is 2.50. The topological polar surface area (TPSA) is 18.5 Å². The average Bonchev–Trinajstić information content (AvgIpc) is 3.08. The Morgan fingerprint density at radius 3 is 2.21 bits per heavy atom. The fourth-order valence-electron chi connectivity index (χ4n) is 5.36. The molecule has 1 spiro atoms. The van der Waals surface area contributed by atoms with Crippen LogP contribution < -0.4 is 0 Å². The van der Waals surface area contributed by atoms with Gasteiger partial charge in [0.05, 0.1) is 25.0 Å². The summed E-state index contributed by atoms with van der Waals surface area (Å²) in [6, 6.07) is 0. The van der Waals surface area contributed by atoms with Crippen molar-refractivity contribution in [2.24, 2.45) is 23.7 Å². The van der Waals surface area contributed by atoms with E-state index in [1.807, 2.05) is 6.92 Å². The molecule has 2 nitrogen and oxygen atoms in total. The van der Waals surface area contributed by atoms with Gasteiger partial charge in [-0.3, -0.25) is 0 Å². The first kappa shape index (κ1) is 22.9. The van der Waals surface area contributed by atoms with Crippen molar-refractivity contribution < 1.29 is 35.8 Å². The second kappa shape index (κ2) is 8.77. The van der Waals surface area contributed by atoms with E-state index in [0.717, 1.165) is 0 Å². The van der Waals surface area contributed by atoms with Gasteiger partial charge in [0.1, 0.15) is 0 Å². The lowest BCUT2D eigenvalue weighted by Gasteiger charge is -2.41. The van der Waals surface area contributed by atoms with Crippen LogP contribution >= 0.6 is 0 Å². The van der Waals surface area contributed by atoms with Crippen LogP contribution in [0.5, 0.6) is 0 Å². The van der Waals surface area contributed by atoms with Gasteiger partial charge in [0.25, 0.3) is 0 Å². The minimum Gasteiger partial charge on any atom is -0.348 e. The van der Waals surface area contributed by atoms with Crippen LogP contribution in [0.25, 0.3) is 0 Å². The number of alkyl halides is 6. The molecule has 168 valence electrons. The predicted molar refractivity (Wildman–Crippen MR) is 96.0 cm³/mol. The van der Waals surface area contributed by atoms with Gasteiger partial charge in [0.15, 0.2) is 5.79 Å². The smallest absolute Gasteiger partial charge is 0.348 e. The van der Waals surface area contributed by atoms with E-state index in [1.165, 1.54) is 0 Å². The molecule has 0 aromatic heterocycles. The summed E-state index contributed by atoms with van der Waals surface area (Å²) in [5.41, 5.74) is 0.661. The molecule has 3 aliphatic rings. The van der Waals surface area contributed by atoms with Gasteiger partial charge in [-0.1, -0.05) is 31.4 Å². The van der Waals surface area contributed by atoms with Crippen molar-refractivity contribution in [1.29, 1.82) is 0 Å². The minimum absolute atomic E-state index is 0.0757. The second-order valence-electron chi connectivity index (χ2n) is 8.80. The molecule has 3 rings (SSSR count). The maximum atomic E-state index is 13.7. The molecule has 1 heterocycles. The van der Waals surface area contributed by atoms with E-state index >= 15 is 0 Å². The van der Waals surface area contributed by atoms with Gasteiger partial charge in [-0.15, -0.1) is 0 Å². The lowest BCUT2D eigenvalue weighted by Crippen LogP contribution is -2.45. The van der Waals surface area contributed by atoms with E-state index in [0.29, 0.717) is 57.3 Å². The molecule has 0 aromatic carbocycles. The largest absolute Gasteiger partial charge is 0.392 e. The summed E-state index contributed by atoms with van der Waals surface area (Å²) >= 11 is 0. The Bertz CT molecular complexity index is 577. The maximum absolute atomic E-state index is 13.7. The molecule has 2 saturated carbocycles. The van der Waals surface area contributed by atoms with Gasteiger partial charge in [-0.05, 0) is 43.9 Å². The SMILES string of the molecule is CCC[C@H]1CC/C(=C\C[C@H]2CCC3(CC2C(F)(F)F)OCCO3)CC1C(F)(F)F. The Balaban J connectivity index is 1.67. The number of rotatable bonds is 4. The van der Waals surface area contributed by atoms with Gasteiger partial charge >= 0.3 is 12.4 Å². The first-order valence-corrected chi connectivity index (χ1v) is 10.6. The Morgan fingerprint density at radius 1 is 0.966 bits per heavy atom. The van der Waals surface area contributed by atoms with Crippen LogP contribution in [0.3, 0.4) is 0 Å². The molecule has 0 radical (unpaired) electrons. The third-order valence-electron chi connectivity index (χ3n) is 6.91. The van der Waals surface area contributed by atoms with Gasteiger partial charge < -0.3 is 9.47 Å². The lowest BCUT2D eigenvalue weighted by atomic mass is 9.72. The summed E-state index contributed by atoms with van der Waals surface area (Å²) in [7, 11) is 0. The first-order chi connectivity index (χ1) is 13.5. The maximum Gasteiger partial charge on any atom is 0.392 e. The predicted octanol–water partition coefficient (Wildman–Crippen LogP) is 6.80. The van der Waals surface area contributed by atoms with Gasteiger partial charge in [-0.2, -0.15) is 26.3 Å².